The van der Waals surface area contributed by atoms with Gasteiger partial charge in [0.15, 0.2) is 0 Å². The van der Waals surface area contributed by atoms with Crippen LogP contribution in [0.15, 0.2) is 18.2 Å². The number of hydrogen-bond acceptors (Lipinski definition) is 5. The predicted molar refractivity (Wildman–Crippen MR) is 94.2 cm³/mol. The highest BCUT2D eigenvalue weighted by Crippen LogP contribution is 2.40. The highest BCUT2D eigenvalue weighted by atomic mass is 19.4. The normalized spacial score (nSPS) is 11.9. The molecule has 0 saturated carbocycles. The fourth-order valence-electron chi connectivity index (χ4n) is 2.93. The summed E-state index contributed by atoms with van der Waals surface area (Å²) in [6, 6.07) is 5.65. The smallest absolute Gasteiger partial charge is 0.206 e. The Hall–Kier alpha value is -4.93. The van der Waals surface area contributed by atoms with E-state index in [0.29, 0.717) is 0 Å². The molecule has 0 aromatic heterocycles. The number of alkyl halides is 6. The van der Waals surface area contributed by atoms with Gasteiger partial charge in [-0.2, -0.15) is 52.7 Å². The van der Waals surface area contributed by atoms with Gasteiger partial charge in [-0.05, 0) is 23.8 Å². The van der Waals surface area contributed by atoms with Crippen LogP contribution in [-0.2, 0) is 12.4 Å². The summed E-state index contributed by atoms with van der Waals surface area (Å²) in [6.45, 7) is 0. The Morgan fingerprint density at radius 3 is 1.50 bits per heavy atom. The van der Waals surface area contributed by atoms with Crippen LogP contribution in [0.1, 0.15) is 27.8 Å². The molecule has 0 fully saturated rings. The minimum absolute atomic E-state index is 0.0221. The van der Waals surface area contributed by atoms with Gasteiger partial charge in [-0.25, -0.2) is 8.78 Å². The molecule has 2 rings (SSSR count). The molecule has 2 aromatic rings. The Bertz CT molecular complexity index is 1500. The SMILES string of the molecule is N#CC(C#N)=c1c(F)c/c(=C(/C#N)c2cc(C(F)(F)F)c(C#N)c(C(F)(F)F)c2)c(F)c1C#N. The minimum Gasteiger partial charge on any atom is -0.206 e. The van der Waals surface area contributed by atoms with Crippen molar-refractivity contribution in [2.75, 3.05) is 0 Å². The van der Waals surface area contributed by atoms with Gasteiger partial charge in [0.2, 0.25) is 0 Å². The van der Waals surface area contributed by atoms with Gasteiger partial charge in [-0.3, -0.25) is 0 Å². The van der Waals surface area contributed by atoms with Crippen LogP contribution in [0.4, 0.5) is 35.1 Å². The monoisotopic (exact) mass is 477 g/mol. The van der Waals surface area contributed by atoms with E-state index < -0.39 is 73.4 Å². The molecule has 0 aliphatic rings. The van der Waals surface area contributed by atoms with Crippen molar-refractivity contribution < 1.29 is 35.1 Å². The first-order valence-corrected chi connectivity index (χ1v) is 8.36. The van der Waals surface area contributed by atoms with E-state index in [4.69, 9.17) is 21.0 Å². The number of benzene rings is 2. The van der Waals surface area contributed by atoms with E-state index in [0.717, 1.165) is 12.1 Å². The maximum atomic E-state index is 15.0. The van der Waals surface area contributed by atoms with E-state index >= 15 is 0 Å². The van der Waals surface area contributed by atoms with E-state index in [1.165, 1.54) is 18.2 Å². The fourth-order valence-corrected chi connectivity index (χ4v) is 2.93. The molecule has 0 radical (unpaired) electrons. The first-order valence-electron chi connectivity index (χ1n) is 8.36. The van der Waals surface area contributed by atoms with Crippen molar-refractivity contribution in [3.8, 4) is 30.3 Å². The minimum atomic E-state index is -5.50. The quantitative estimate of drug-likeness (QED) is 0.581. The van der Waals surface area contributed by atoms with Crippen LogP contribution in [0, 0.1) is 68.3 Å². The lowest BCUT2D eigenvalue weighted by atomic mass is 9.92. The third-order valence-electron chi connectivity index (χ3n) is 4.33. The average Bonchev–Trinajstić information content (AvgIpc) is 2.76. The lowest BCUT2D eigenvalue weighted by Crippen LogP contribution is -2.27. The summed E-state index contributed by atoms with van der Waals surface area (Å²) >= 11 is 0. The van der Waals surface area contributed by atoms with Crippen LogP contribution in [0.2, 0.25) is 0 Å². The Morgan fingerprint density at radius 2 is 1.15 bits per heavy atom. The topological polar surface area (TPSA) is 119 Å². The average molecular weight is 477 g/mol. The summed E-state index contributed by atoms with van der Waals surface area (Å²) in [6.07, 6.45) is -11.0. The zero-order valence-electron chi connectivity index (χ0n) is 16.0. The lowest BCUT2D eigenvalue weighted by molar-refractivity contribution is -0.143. The predicted octanol–water partition coefficient (Wildman–Crippen LogP) is 3.67. The fraction of sp³-hybridized carbons (Fsp3) is 0.0952. The van der Waals surface area contributed by atoms with Crippen molar-refractivity contribution in [1.82, 2.24) is 0 Å². The standard InChI is InChI=1S/C21H3F8N5/c22-17-3-11(19(23)14(8-34)18(17)10(4-30)5-31)12(6-32)9-1-15(20(24,25)26)13(7-33)16(2-9)21(27,28)29/h1-3H/b12-11+. The molecule has 2 aromatic carbocycles. The molecule has 13 heteroatoms. The first-order chi connectivity index (χ1) is 15.8. The van der Waals surface area contributed by atoms with Crippen molar-refractivity contribution in [1.29, 1.82) is 26.3 Å². The van der Waals surface area contributed by atoms with E-state index in [1.807, 2.05) is 0 Å². The molecule has 0 atom stereocenters. The van der Waals surface area contributed by atoms with Crippen LogP contribution in [-0.4, -0.2) is 0 Å². The van der Waals surface area contributed by atoms with E-state index in [-0.39, 0.29) is 18.2 Å². The molecule has 0 N–H and O–H groups in total. The number of halogens is 8. The molecule has 168 valence electrons. The van der Waals surface area contributed by atoms with Gasteiger partial charge in [0.1, 0.15) is 53.1 Å². The van der Waals surface area contributed by atoms with E-state index in [1.54, 1.807) is 0 Å². The molecule has 0 spiro atoms. The van der Waals surface area contributed by atoms with Crippen molar-refractivity contribution in [2.45, 2.75) is 12.4 Å². The highest BCUT2D eigenvalue weighted by Gasteiger charge is 2.42. The molecule has 0 unspecified atom stereocenters. The van der Waals surface area contributed by atoms with Crippen molar-refractivity contribution in [2.24, 2.45) is 0 Å². The molecule has 0 aliphatic carbocycles. The molecule has 5 nitrogen and oxygen atoms in total. The summed E-state index contributed by atoms with van der Waals surface area (Å²) in [5.74, 6) is -3.38. The molecule has 34 heavy (non-hydrogen) atoms. The molecule has 0 amide bonds. The first kappa shape index (κ1) is 25.3. The second-order valence-corrected chi connectivity index (χ2v) is 6.22. The van der Waals surface area contributed by atoms with Crippen LogP contribution >= 0.6 is 0 Å². The van der Waals surface area contributed by atoms with Gasteiger partial charge < -0.3 is 0 Å². The number of nitrogens with zero attached hydrogens (tertiary/aromatic N) is 5. The van der Waals surface area contributed by atoms with Crippen molar-refractivity contribution in [3.63, 3.8) is 0 Å². The third kappa shape index (κ3) is 4.35. The Balaban J connectivity index is 3.25. The summed E-state index contributed by atoms with van der Waals surface area (Å²) in [7, 11) is 0. The van der Waals surface area contributed by atoms with Gasteiger partial charge in [0, 0.05) is 5.22 Å². The van der Waals surface area contributed by atoms with Crippen LogP contribution < -0.4 is 10.4 Å². The Morgan fingerprint density at radius 1 is 0.676 bits per heavy atom. The summed E-state index contributed by atoms with van der Waals surface area (Å²) in [4.78, 5) is 0. The lowest BCUT2D eigenvalue weighted by Gasteiger charge is -2.16. The highest BCUT2D eigenvalue weighted by molar-refractivity contribution is 5.79. The Labute approximate surface area is 184 Å². The second kappa shape index (κ2) is 8.90. The Kier molecular flexibility index (Phi) is 6.63. The maximum absolute atomic E-state index is 15.0. The van der Waals surface area contributed by atoms with Crippen LogP contribution in [0.5, 0.6) is 0 Å². The van der Waals surface area contributed by atoms with Gasteiger partial charge in [-0.1, -0.05) is 0 Å². The van der Waals surface area contributed by atoms with Crippen LogP contribution in [0.25, 0.3) is 11.1 Å². The zero-order valence-corrected chi connectivity index (χ0v) is 16.0. The van der Waals surface area contributed by atoms with Crippen molar-refractivity contribution >= 4 is 11.1 Å². The molecule has 0 heterocycles. The van der Waals surface area contributed by atoms with Gasteiger partial charge >= 0.3 is 12.4 Å². The zero-order chi connectivity index (χ0) is 26.0. The van der Waals surface area contributed by atoms with Gasteiger partial charge in [-0.15, -0.1) is 0 Å². The van der Waals surface area contributed by atoms with Crippen molar-refractivity contribution in [3.05, 3.63) is 68.1 Å². The van der Waals surface area contributed by atoms with Gasteiger partial charge in [0.25, 0.3) is 0 Å². The maximum Gasteiger partial charge on any atom is 0.417 e. The molecular weight excluding hydrogens is 474 g/mol. The summed E-state index contributed by atoms with van der Waals surface area (Å²) < 4.78 is 110. The molecule has 0 saturated heterocycles. The van der Waals surface area contributed by atoms with E-state index in [2.05, 4.69) is 0 Å². The molecular formula is C21H3F8N5. The molecule has 0 bridgehead atoms. The third-order valence-corrected chi connectivity index (χ3v) is 4.33. The largest absolute Gasteiger partial charge is 0.417 e. The summed E-state index contributed by atoms with van der Waals surface area (Å²) in [5, 5.41) is 42.9. The number of hydrogen-bond donors (Lipinski definition) is 0. The summed E-state index contributed by atoms with van der Waals surface area (Å²) in [5.41, 5.74) is -10.7. The molecule has 0 aliphatic heterocycles. The van der Waals surface area contributed by atoms with Crippen LogP contribution in [0.3, 0.4) is 0 Å². The van der Waals surface area contributed by atoms with E-state index in [9.17, 15) is 40.4 Å². The number of rotatable bonds is 1. The number of nitriles is 5. The second-order valence-electron chi connectivity index (χ2n) is 6.22. The van der Waals surface area contributed by atoms with Gasteiger partial charge in [0.05, 0.1) is 27.5 Å².